The molecule has 6 aliphatic rings. The van der Waals surface area contributed by atoms with Gasteiger partial charge in [0.2, 0.25) is 5.91 Å². The molecular formula is C49H73N3O7. The Morgan fingerprint density at radius 1 is 0.983 bits per heavy atom. The van der Waals surface area contributed by atoms with E-state index in [4.69, 9.17) is 4.74 Å². The maximum atomic E-state index is 14.4. The van der Waals surface area contributed by atoms with Crippen molar-refractivity contribution in [3.63, 3.8) is 0 Å². The summed E-state index contributed by atoms with van der Waals surface area (Å²) in [7, 11) is 0. The van der Waals surface area contributed by atoms with Crippen LogP contribution in [0.15, 0.2) is 35.5 Å². The minimum atomic E-state index is -1.18. The van der Waals surface area contributed by atoms with E-state index < -0.39 is 28.9 Å². The molecule has 1 aromatic rings. The van der Waals surface area contributed by atoms with Gasteiger partial charge in [-0.3, -0.25) is 29.1 Å². The number of aliphatic hydroxyl groups excluding tert-OH is 1. The van der Waals surface area contributed by atoms with Gasteiger partial charge in [-0.25, -0.2) is 0 Å². The largest absolute Gasteiger partial charge is 0.481 e. The Balaban J connectivity index is 1.16. The van der Waals surface area contributed by atoms with Gasteiger partial charge in [-0.05, 0) is 129 Å². The number of rotatable bonds is 13. The summed E-state index contributed by atoms with van der Waals surface area (Å²) in [4.78, 5) is 60.8. The lowest BCUT2D eigenvalue weighted by molar-refractivity contribution is -0.235. The molecule has 10 nitrogen and oxygen atoms in total. The Morgan fingerprint density at radius 3 is 2.37 bits per heavy atom. The molecule has 1 saturated heterocycles. The van der Waals surface area contributed by atoms with Crippen molar-refractivity contribution in [2.24, 2.45) is 56.2 Å². The highest BCUT2D eigenvalue weighted by Crippen LogP contribution is 2.77. The highest BCUT2D eigenvalue weighted by molar-refractivity contribution is 6.00. The van der Waals surface area contributed by atoms with Gasteiger partial charge in [0.05, 0.1) is 23.6 Å². The van der Waals surface area contributed by atoms with Crippen LogP contribution in [0.4, 0.5) is 0 Å². The lowest BCUT2D eigenvalue weighted by Gasteiger charge is -2.72. The molecule has 4 saturated carbocycles. The topological polar surface area (TPSA) is 137 Å². The molecule has 0 aromatic carbocycles. The number of aliphatic carboxylic acids is 1. The highest BCUT2D eigenvalue weighted by atomic mass is 16.5. The van der Waals surface area contributed by atoms with Crippen LogP contribution < -0.4 is 0 Å². The number of likely N-dealkylation sites (tertiary alicyclic amines) is 1. The second-order valence-electron chi connectivity index (χ2n) is 22.1. The minimum absolute atomic E-state index is 0.0113. The standard InChI is InChI=1S/C49H73N3O7/c1-31(2)41-34(53)27-49(37(54)30-51(29-32-13-10-11-23-50-32)25-26-52-24-12-14-39(52)55)22-21-47(8)33(42(41)49)15-16-36-46(7)19-18-38(59-40(56)28-44(3,4)43(57)58)45(5,6)35(46)17-20-48(36,47)9/h10-11,13,23,31,33,35-38,54H,12,14-22,24-30H2,1-9H3,(H,57,58)/t33-,35+,36-,37+,38?,46+,47-,48-,49+/m1/s1. The van der Waals surface area contributed by atoms with Gasteiger partial charge in [0, 0.05) is 62.6 Å². The quantitative estimate of drug-likeness (QED) is 0.189. The predicted octanol–water partition coefficient (Wildman–Crippen LogP) is 8.26. The maximum Gasteiger partial charge on any atom is 0.309 e. The van der Waals surface area contributed by atoms with Crippen LogP contribution >= 0.6 is 0 Å². The number of aromatic nitrogens is 1. The van der Waals surface area contributed by atoms with Crippen molar-refractivity contribution in [3.05, 3.63) is 41.2 Å². The lowest BCUT2D eigenvalue weighted by atomic mass is 9.33. The molecule has 1 amide bonds. The Morgan fingerprint density at radius 2 is 1.73 bits per heavy atom. The van der Waals surface area contributed by atoms with E-state index in [1.165, 1.54) is 5.57 Å². The fourth-order valence-corrected chi connectivity index (χ4v) is 14.5. The third-order valence-electron chi connectivity index (χ3n) is 17.9. The van der Waals surface area contributed by atoms with Gasteiger partial charge in [0.1, 0.15) is 6.10 Å². The summed E-state index contributed by atoms with van der Waals surface area (Å²) in [6.07, 6.45) is 10.1. The second kappa shape index (κ2) is 15.7. The van der Waals surface area contributed by atoms with E-state index in [0.29, 0.717) is 50.9 Å². The fourth-order valence-electron chi connectivity index (χ4n) is 14.5. The van der Waals surface area contributed by atoms with E-state index >= 15 is 0 Å². The predicted molar refractivity (Wildman–Crippen MR) is 227 cm³/mol. The molecular weight excluding hydrogens is 743 g/mol. The van der Waals surface area contributed by atoms with Gasteiger partial charge >= 0.3 is 11.9 Å². The molecule has 9 atom stereocenters. The maximum absolute atomic E-state index is 14.4. The van der Waals surface area contributed by atoms with Crippen molar-refractivity contribution in [1.82, 2.24) is 14.8 Å². The first-order chi connectivity index (χ1) is 27.6. The minimum Gasteiger partial charge on any atom is -0.481 e. The average Bonchev–Trinajstić information content (AvgIpc) is 3.71. The highest BCUT2D eigenvalue weighted by Gasteiger charge is 2.71. The summed E-state index contributed by atoms with van der Waals surface area (Å²) in [5, 5.41) is 22.4. The van der Waals surface area contributed by atoms with Gasteiger partial charge in [-0.1, -0.05) is 60.1 Å². The number of esters is 1. The summed E-state index contributed by atoms with van der Waals surface area (Å²) >= 11 is 0. The number of allylic oxidation sites excluding steroid dienone is 1. The fraction of sp³-hybridized carbons (Fsp3) is 0.776. The van der Waals surface area contributed by atoms with Gasteiger partial charge in [-0.15, -0.1) is 0 Å². The Hall–Kier alpha value is -3.11. The molecule has 10 heteroatoms. The number of aliphatic hydroxyl groups is 1. The molecule has 5 aliphatic carbocycles. The monoisotopic (exact) mass is 816 g/mol. The molecule has 0 bridgehead atoms. The Kier molecular flexibility index (Phi) is 11.7. The van der Waals surface area contributed by atoms with Gasteiger partial charge in [0.15, 0.2) is 5.78 Å². The number of hydrogen-bond acceptors (Lipinski definition) is 8. The Bertz CT molecular complexity index is 1840. The summed E-state index contributed by atoms with van der Waals surface area (Å²) in [5.74, 6) is 0.0501. The number of ether oxygens (including phenoxy) is 1. The molecule has 0 radical (unpaired) electrons. The molecule has 326 valence electrons. The molecule has 2 heterocycles. The molecule has 1 aromatic heterocycles. The van der Waals surface area contributed by atoms with Crippen molar-refractivity contribution in [2.45, 2.75) is 158 Å². The van der Waals surface area contributed by atoms with Crippen molar-refractivity contribution in [3.8, 4) is 0 Å². The number of Topliss-reactive ketones (excluding diaryl/α,β-unsaturated/α-hetero) is 1. The number of carboxylic acid groups (broad SMARTS) is 1. The summed E-state index contributed by atoms with van der Waals surface area (Å²) < 4.78 is 6.20. The molecule has 5 fully saturated rings. The zero-order chi connectivity index (χ0) is 42.9. The van der Waals surface area contributed by atoms with Crippen LogP contribution in [-0.2, 0) is 30.5 Å². The summed E-state index contributed by atoms with van der Waals surface area (Å²) in [6, 6.07) is 5.92. The lowest BCUT2D eigenvalue weighted by Crippen LogP contribution is -2.66. The van der Waals surface area contributed by atoms with Crippen LogP contribution in [-0.4, -0.2) is 87.0 Å². The van der Waals surface area contributed by atoms with Gasteiger partial charge in [-0.2, -0.15) is 0 Å². The van der Waals surface area contributed by atoms with E-state index in [2.05, 4.69) is 58.4 Å². The van der Waals surface area contributed by atoms with Crippen LogP contribution in [0.5, 0.6) is 0 Å². The second-order valence-corrected chi connectivity index (χ2v) is 22.1. The van der Waals surface area contributed by atoms with Crippen molar-refractivity contribution in [1.29, 1.82) is 0 Å². The van der Waals surface area contributed by atoms with E-state index in [9.17, 15) is 29.4 Å². The Labute approximate surface area is 353 Å². The zero-order valence-electron chi connectivity index (χ0n) is 37.6. The van der Waals surface area contributed by atoms with Gasteiger partial charge in [0.25, 0.3) is 0 Å². The number of carboxylic acids is 1. The average molecular weight is 816 g/mol. The van der Waals surface area contributed by atoms with Crippen molar-refractivity contribution in [2.75, 3.05) is 26.2 Å². The van der Waals surface area contributed by atoms with Gasteiger partial charge < -0.3 is 19.8 Å². The zero-order valence-corrected chi connectivity index (χ0v) is 37.6. The number of pyridine rings is 1. The van der Waals surface area contributed by atoms with Crippen molar-refractivity contribution >= 4 is 23.6 Å². The third kappa shape index (κ3) is 7.31. The molecule has 0 spiro atoms. The number of carbonyl (C=O) groups is 4. The van der Waals surface area contributed by atoms with E-state index in [0.717, 1.165) is 75.6 Å². The number of amides is 1. The number of ketones is 1. The van der Waals surface area contributed by atoms with E-state index in [-0.39, 0.29) is 57.7 Å². The smallest absolute Gasteiger partial charge is 0.309 e. The van der Waals surface area contributed by atoms with Crippen LogP contribution in [0.1, 0.15) is 145 Å². The SMILES string of the molecule is CC(C)C1=C2[C@H]3CC[C@@H]4[C@@]5(C)CCC(OC(=O)CC(C)(C)C(=O)O)C(C)(C)[C@@H]5CC[C@@]4(C)[C@]3(C)CC[C@@]2([C@@H](O)CN(CCN2CCCC2=O)Cc2ccccn2)CC1=O. The number of hydrogen-bond donors (Lipinski definition) is 2. The van der Waals surface area contributed by atoms with E-state index in [1.54, 1.807) is 20.0 Å². The summed E-state index contributed by atoms with van der Waals surface area (Å²) in [5.41, 5.74) is 1.08. The number of carbonyl (C=O) groups excluding carboxylic acids is 3. The third-order valence-corrected chi connectivity index (χ3v) is 17.9. The molecule has 7 rings (SSSR count). The first-order valence-electron chi connectivity index (χ1n) is 22.9. The van der Waals surface area contributed by atoms with E-state index in [1.807, 2.05) is 23.1 Å². The van der Waals surface area contributed by atoms with Crippen LogP contribution in [0, 0.1) is 56.2 Å². The number of fused-ring (bicyclic) bond motifs is 7. The first-order valence-corrected chi connectivity index (χ1v) is 22.9. The molecule has 1 unspecified atom stereocenters. The molecule has 1 aliphatic heterocycles. The van der Waals surface area contributed by atoms with Crippen LogP contribution in [0.25, 0.3) is 0 Å². The van der Waals surface area contributed by atoms with Crippen LogP contribution in [0.2, 0.25) is 0 Å². The number of nitrogens with zero attached hydrogens (tertiary/aromatic N) is 3. The summed E-state index contributed by atoms with van der Waals surface area (Å²) in [6.45, 7) is 22.6. The molecule has 2 N–H and O–H groups in total. The normalized spacial score (nSPS) is 36.0. The van der Waals surface area contributed by atoms with Crippen LogP contribution in [0.3, 0.4) is 0 Å². The first kappa shape index (κ1) is 44.0. The van der Waals surface area contributed by atoms with Crippen molar-refractivity contribution < 1.29 is 34.1 Å². The molecule has 59 heavy (non-hydrogen) atoms.